The van der Waals surface area contributed by atoms with E-state index in [0.717, 1.165) is 33.7 Å². The van der Waals surface area contributed by atoms with Crippen LogP contribution in [-0.4, -0.2) is 31.4 Å². The van der Waals surface area contributed by atoms with Crippen LogP contribution >= 0.6 is 23.4 Å². The van der Waals surface area contributed by atoms with Crippen LogP contribution < -0.4 is 0 Å². The van der Waals surface area contributed by atoms with Crippen molar-refractivity contribution in [1.82, 2.24) is 14.5 Å². The fraction of sp³-hybridized carbons (Fsp3) is 0.333. The molecular weight excluding hydrogens is 412 g/mol. The molecule has 154 valence electrons. The predicted molar refractivity (Wildman–Crippen MR) is 126 cm³/mol. The van der Waals surface area contributed by atoms with E-state index in [4.69, 9.17) is 16.6 Å². The third-order valence-corrected chi connectivity index (χ3v) is 7.55. The van der Waals surface area contributed by atoms with Gasteiger partial charge in [0, 0.05) is 40.1 Å². The van der Waals surface area contributed by atoms with Crippen LogP contribution in [0, 0.1) is 13.8 Å². The van der Waals surface area contributed by atoms with E-state index in [1.54, 1.807) is 0 Å². The molecule has 2 aliphatic heterocycles. The van der Waals surface area contributed by atoms with Gasteiger partial charge in [0.15, 0.2) is 5.17 Å². The van der Waals surface area contributed by atoms with E-state index in [0.29, 0.717) is 6.04 Å². The molecule has 0 saturated carbocycles. The van der Waals surface area contributed by atoms with Crippen LogP contribution in [0.2, 0.25) is 5.02 Å². The molecule has 3 aromatic rings. The highest BCUT2D eigenvalue weighted by molar-refractivity contribution is 8.14. The number of rotatable bonds is 4. The summed E-state index contributed by atoms with van der Waals surface area (Å²) in [5, 5.41) is 1.91. The number of fused-ring (bicyclic) bond motifs is 1. The number of halogens is 1. The van der Waals surface area contributed by atoms with Crippen molar-refractivity contribution in [3.05, 3.63) is 82.4 Å². The topological polar surface area (TPSA) is 33.4 Å². The van der Waals surface area contributed by atoms with Crippen molar-refractivity contribution in [1.29, 1.82) is 0 Å². The molecule has 1 saturated heterocycles. The summed E-state index contributed by atoms with van der Waals surface area (Å²) >= 11 is 8.18. The van der Waals surface area contributed by atoms with Crippen LogP contribution in [-0.2, 0) is 0 Å². The van der Waals surface area contributed by atoms with Gasteiger partial charge in [-0.25, -0.2) is 0 Å². The maximum atomic E-state index is 6.30. The second kappa shape index (κ2) is 7.78. The fourth-order valence-corrected chi connectivity index (χ4v) is 6.31. The number of aromatic nitrogens is 2. The lowest BCUT2D eigenvalue weighted by Crippen LogP contribution is -2.35. The van der Waals surface area contributed by atoms with Gasteiger partial charge >= 0.3 is 0 Å². The van der Waals surface area contributed by atoms with Gasteiger partial charge in [-0.05, 0) is 62.2 Å². The molecule has 5 rings (SSSR count). The van der Waals surface area contributed by atoms with E-state index < -0.39 is 0 Å². The molecule has 4 nitrogen and oxygen atoms in total. The monoisotopic (exact) mass is 436 g/mol. The second-order valence-electron chi connectivity index (χ2n) is 7.98. The summed E-state index contributed by atoms with van der Waals surface area (Å²) in [6.07, 6.45) is 2.99. The standard InChI is InChI=1S/C24H25ClN4S/c1-4-18-14-30-24-27-22(21-10-5-6-11-26-21)23(29(18)24)20-12-15(2)28(16(20)3)19-9-7-8-17(25)13-19/h5-13,18,22-23H,4,14H2,1-3H3/t18-,22+,23+/m0/s1. The fourth-order valence-electron chi connectivity index (χ4n) is 4.79. The highest BCUT2D eigenvalue weighted by Gasteiger charge is 2.46. The molecule has 2 aromatic heterocycles. The molecule has 0 aliphatic carbocycles. The SMILES string of the molecule is CC[C@H]1CSC2=N[C@H](c3ccccn3)[C@@H](c3cc(C)n(-c4cccc(Cl)c4)c3C)N21. The maximum Gasteiger partial charge on any atom is 0.160 e. The van der Waals surface area contributed by atoms with E-state index >= 15 is 0 Å². The van der Waals surface area contributed by atoms with Crippen molar-refractivity contribution in [2.45, 2.75) is 45.3 Å². The molecule has 0 unspecified atom stereocenters. The van der Waals surface area contributed by atoms with Crippen molar-refractivity contribution in [2.24, 2.45) is 4.99 Å². The van der Waals surface area contributed by atoms with Gasteiger partial charge in [-0.15, -0.1) is 0 Å². The summed E-state index contributed by atoms with van der Waals surface area (Å²) in [5.74, 6) is 1.10. The minimum Gasteiger partial charge on any atom is -0.338 e. The highest BCUT2D eigenvalue weighted by atomic mass is 35.5. The number of aliphatic imine (C=N–C) groups is 1. The summed E-state index contributed by atoms with van der Waals surface area (Å²) in [6.45, 7) is 6.65. The number of nitrogens with zero attached hydrogens (tertiary/aromatic N) is 4. The van der Waals surface area contributed by atoms with Gasteiger partial charge in [0.1, 0.15) is 6.04 Å². The third-order valence-electron chi connectivity index (χ3n) is 6.18. The van der Waals surface area contributed by atoms with Gasteiger partial charge in [0.05, 0.1) is 11.7 Å². The first kappa shape index (κ1) is 19.7. The normalized spacial score (nSPS) is 23.0. The highest BCUT2D eigenvalue weighted by Crippen LogP contribution is 2.49. The van der Waals surface area contributed by atoms with Crippen molar-refractivity contribution in [3.8, 4) is 5.69 Å². The zero-order chi connectivity index (χ0) is 20.8. The van der Waals surface area contributed by atoms with E-state index in [-0.39, 0.29) is 12.1 Å². The lowest BCUT2D eigenvalue weighted by Gasteiger charge is -2.32. The van der Waals surface area contributed by atoms with Crippen molar-refractivity contribution in [2.75, 3.05) is 5.75 Å². The number of aryl methyl sites for hydroxylation is 1. The van der Waals surface area contributed by atoms with Gasteiger partial charge in [-0.2, -0.15) is 0 Å². The van der Waals surface area contributed by atoms with E-state index in [1.165, 1.54) is 17.0 Å². The molecule has 4 heterocycles. The molecule has 0 N–H and O–H groups in total. The number of hydrogen-bond donors (Lipinski definition) is 0. The lowest BCUT2D eigenvalue weighted by molar-refractivity contribution is 0.254. The molecule has 0 spiro atoms. The van der Waals surface area contributed by atoms with Crippen LogP contribution in [0.3, 0.4) is 0 Å². The summed E-state index contributed by atoms with van der Waals surface area (Å²) < 4.78 is 2.30. The maximum absolute atomic E-state index is 6.30. The summed E-state index contributed by atoms with van der Waals surface area (Å²) in [6, 6.07) is 17.2. The largest absolute Gasteiger partial charge is 0.338 e. The average molecular weight is 437 g/mol. The Morgan fingerprint density at radius 2 is 2.00 bits per heavy atom. The number of pyridine rings is 1. The predicted octanol–water partition coefficient (Wildman–Crippen LogP) is 6.12. The average Bonchev–Trinajstić information content (AvgIpc) is 3.40. The Hall–Kier alpha value is -2.24. The quantitative estimate of drug-likeness (QED) is 0.493. The van der Waals surface area contributed by atoms with Crippen LogP contribution in [0.15, 0.2) is 59.7 Å². The molecule has 30 heavy (non-hydrogen) atoms. The van der Waals surface area contributed by atoms with Crippen LogP contribution in [0.25, 0.3) is 5.69 Å². The Labute approximate surface area is 187 Å². The molecule has 3 atom stereocenters. The van der Waals surface area contributed by atoms with Crippen LogP contribution in [0.1, 0.15) is 48.1 Å². The number of amidine groups is 1. The Morgan fingerprint density at radius 3 is 2.73 bits per heavy atom. The molecule has 0 bridgehead atoms. The van der Waals surface area contributed by atoms with E-state index in [9.17, 15) is 0 Å². The van der Waals surface area contributed by atoms with Crippen LogP contribution in [0.4, 0.5) is 0 Å². The van der Waals surface area contributed by atoms with Crippen molar-refractivity contribution >= 4 is 28.5 Å². The summed E-state index contributed by atoms with van der Waals surface area (Å²) in [7, 11) is 0. The molecular formula is C24H25ClN4S. The first-order valence-corrected chi connectivity index (χ1v) is 11.8. The first-order valence-electron chi connectivity index (χ1n) is 10.4. The zero-order valence-electron chi connectivity index (χ0n) is 17.4. The summed E-state index contributed by atoms with van der Waals surface area (Å²) in [4.78, 5) is 12.4. The van der Waals surface area contributed by atoms with Gasteiger partial charge in [-0.3, -0.25) is 9.98 Å². The lowest BCUT2D eigenvalue weighted by atomic mass is 9.95. The van der Waals surface area contributed by atoms with Crippen LogP contribution in [0.5, 0.6) is 0 Å². The first-order chi connectivity index (χ1) is 14.6. The number of thioether (sulfide) groups is 1. The molecule has 0 amide bonds. The Balaban J connectivity index is 1.64. The molecule has 1 fully saturated rings. The van der Waals surface area contributed by atoms with E-state index in [1.807, 2.05) is 42.2 Å². The number of benzene rings is 1. The molecule has 2 aliphatic rings. The minimum atomic E-state index is 0.0105. The Kier molecular flexibility index (Phi) is 5.11. The smallest absolute Gasteiger partial charge is 0.160 e. The number of hydrogen-bond acceptors (Lipinski definition) is 4. The van der Waals surface area contributed by atoms with Crippen molar-refractivity contribution < 1.29 is 0 Å². The third kappa shape index (κ3) is 3.15. The Bertz CT molecular complexity index is 1110. The minimum absolute atomic E-state index is 0.0105. The van der Waals surface area contributed by atoms with Gasteiger partial charge in [0.25, 0.3) is 0 Å². The molecule has 6 heteroatoms. The van der Waals surface area contributed by atoms with Gasteiger partial charge in [0.2, 0.25) is 0 Å². The second-order valence-corrected chi connectivity index (χ2v) is 9.40. The molecule has 1 aromatic carbocycles. The van der Waals surface area contributed by atoms with E-state index in [2.05, 4.69) is 59.5 Å². The summed E-state index contributed by atoms with van der Waals surface area (Å²) in [5.41, 5.74) is 5.90. The van der Waals surface area contributed by atoms with Gasteiger partial charge in [-0.1, -0.05) is 42.4 Å². The van der Waals surface area contributed by atoms with Gasteiger partial charge < -0.3 is 9.47 Å². The van der Waals surface area contributed by atoms with Crippen molar-refractivity contribution in [3.63, 3.8) is 0 Å². The Morgan fingerprint density at radius 1 is 1.13 bits per heavy atom. The zero-order valence-corrected chi connectivity index (χ0v) is 19.0. The molecule has 0 radical (unpaired) electrons.